The van der Waals surface area contributed by atoms with Gasteiger partial charge >= 0.3 is 0 Å². The predicted molar refractivity (Wildman–Crippen MR) is 65.5 cm³/mol. The van der Waals surface area contributed by atoms with Crippen LogP contribution in [0.4, 0.5) is 5.69 Å². The van der Waals surface area contributed by atoms with Crippen molar-refractivity contribution in [3.63, 3.8) is 0 Å². The van der Waals surface area contributed by atoms with Gasteiger partial charge in [0.1, 0.15) is 0 Å². The summed E-state index contributed by atoms with van der Waals surface area (Å²) in [6.45, 7) is 2.62. The molecule has 1 aliphatic heterocycles. The topological polar surface area (TPSA) is 70.1 Å². The van der Waals surface area contributed by atoms with Gasteiger partial charge in [-0.25, -0.2) is 0 Å². The summed E-state index contributed by atoms with van der Waals surface area (Å²) >= 11 is 0. The van der Waals surface area contributed by atoms with Crippen molar-refractivity contribution in [3.8, 4) is 6.07 Å². The molecule has 1 atom stereocenters. The molecule has 1 amide bonds. The molecule has 1 fully saturated rings. The van der Waals surface area contributed by atoms with Crippen LogP contribution in [0.2, 0.25) is 0 Å². The van der Waals surface area contributed by atoms with E-state index in [1.807, 2.05) is 13.0 Å². The lowest BCUT2D eigenvalue weighted by molar-refractivity contribution is -0.120. The summed E-state index contributed by atoms with van der Waals surface area (Å²) < 4.78 is 0. The normalized spacial score (nSPS) is 20.2. The molecular weight excluding hydrogens is 214 g/mol. The number of hydrogen-bond acceptors (Lipinski definition) is 3. The Morgan fingerprint density at radius 2 is 2.29 bits per heavy atom. The first-order valence-electron chi connectivity index (χ1n) is 5.71. The van der Waals surface area contributed by atoms with Gasteiger partial charge in [-0.05, 0) is 37.5 Å². The van der Waals surface area contributed by atoms with E-state index in [4.69, 9.17) is 11.0 Å². The molecule has 2 N–H and O–H groups in total. The molecule has 0 aliphatic carbocycles. The van der Waals surface area contributed by atoms with Crippen LogP contribution in [-0.4, -0.2) is 18.5 Å². The molecule has 2 rings (SSSR count). The van der Waals surface area contributed by atoms with Gasteiger partial charge in [-0.3, -0.25) is 4.79 Å². The van der Waals surface area contributed by atoms with Crippen LogP contribution in [0, 0.1) is 18.3 Å². The number of carbonyl (C=O) groups is 1. The molecule has 4 nitrogen and oxygen atoms in total. The minimum Gasteiger partial charge on any atom is -0.320 e. The highest BCUT2D eigenvalue weighted by molar-refractivity contribution is 5.98. The first-order valence-corrected chi connectivity index (χ1v) is 5.71. The molecule has 17 heavy (non-hydrogen) atoms. The zero-order chi connectivity index (χ0) is 12.4. The number of nitriles is 1. The first-order chi connectivity index (χ1) is 8.13. The van der Waals surface area contributed by atoms with Gasteiger partial charge in [0, 0.05) is 12.2 Å². The van der Waals surface area contributed by atoms with E-state index in [0.29, 0.717) is 12.1 Å². The van der Waals surface area contributed by atoms with Crippen molar-refractivity contribution in [1.82, 2.24) is 0 Å². The molecule has 1 aromatic rings. The van der Waals surface area contributed by atoms with Crippen LogP contribution < -0.4 is 10.6 Å². The van der Waals surface area contributed by atoms with Crippen molar-refractivity contribution in [3.05, 3.63) is 29.3 Å². The van der Waals surface area contributed by atoms with Crippen LogP contribution in [0.3, 0.4) is 0 Å². The van der Waals surface area contributed by atoms with Gasteiger partial charge in [-0.1, -0.05) is 6.07 Å². The van der Waals surface area contributed by atoms with Crippen molar-refractivity contribution in [2.45, 2.75) is 25.8 Å². The highest BCUT2D eigenvalue weighted by Gasteiger charge is 2.27. The number of nitrogens with two attached hydrogens (primary N) is 1. The van der Waals surface area contributed by atoms with Crippen LogP contribution in [0.15, 0.2) is 18.2 Å². The Labute approximate surface area is 101 Å². The molecule has 0 aromatic heterocycles. The fraction of sp³-hybridized carbons (Fsp3) is 0.385. The molecule has 0 spiro atoms. The summed E-state index contributed by atoms with van der Waals surface area (Å²) in [5, 5.41) is 8.89. The number of piperidine rings is 1. The number of nitrogens with zero attached hydrogens (tertiary/aromatic N) is 2. The monoisotopic (exact) mass is 229 g/mol. The smallest absolute Gasteiger partial charge is 0.243 e. The highest BCUT2D eigenvalue weighted by atomic mass is 16.2. The second-order valence-electron chi connectivity index (χ2n) is 4.35. The van der Waals surface area contributed by atoms with E-state index in [1.165, 1.54) is 0 Å². The maximum absolute atomic E-state index is 12.0. The van der Waals surface area contributed by atoms with Crippen molar-refractivity contribution in [2.75, 3.05) is 11.4 Å². The Bertz CT molecular complexity index is 490. The molecule has 0 radical (unpaired) electrons. The van der Waals surface area contributed by atoms with Crippen LogP contribution in [0.1, 0.15) is 24.0 Å². The van der Waals surface area contributed by atoms with E-state index >= 15 is 0 Å². The first kappa shape index (κ1) is 11.6. The summed E-state index contributed by atoms with van der Waals surface area (Å²) in [5.41, 5.74) is 8.14. The van der Waals surface area contributed by atoms with E-state index in [0.717, 1.165) is 24.1 Å². The third-order valence-electron chi connectivity index (χ3n) is 3.11. The summed E-state index contributed by atoms with van der Waals surface area (Å²) in [6.07, 6.45) is 1.65. The maximum atomic E-state index is 12.0. The summed E-state index contributed by atoms with van der Waals surface area (Å²) in [5.74, 6) is -0.0468. The zero-order valence-electron chi connectivity index (χ0n) is 9.81. The van der Waals surface area contributed by atoms with Gasteiger partial charge in [-0.2, -0.15) is 5.26 Å². The molecule has 4 heteroatoms. The van der Waals surface area contributed by atoms with E-state index in [2.05, 4.69) is 6.07 Å². The Balaban J connectivity index is 2.39. The van der Waals surface area contributed by atoms with Gasteiger partial charge in [0.05, 0.1) is 17.7 Å². The molecule has 1 unspecified atom stereocenters. The number of benzene rings is 1. The third kappa shape index (κ3) is 2.15. The van der Waals surface area contributed by atoms with Crippen LogP contribution >= 0.6 is 0 Å². The number of hydrogen-bond donors (Lipinski definition) is 1. The lowest BCUT2D eigenvalue weighted by atomic mass is 10.0. The second kappa shape index (κ2) is 4.56. The largest absolute Gasteiger partial charge is 0.320 e. The molecule has 1 saturated heterocycles. The average molecular weight is 229 g/mol. The zero-order valence-corrected chi connectivity index (χ0v) is 9.81. The minimum atomic E-state index is -0.408. The van der Waals surface area contributed by atoms with E-state index in [9.17, 15) is 4.79 Å². The summed E-state index contributed by atoms with van der Waals surface area (Å²) in [7, 11) is 0. The van der Waals surface area contributed by atoms with Gasteiger partial charge in [0.2, 0.25) is 5.91 Å². The van der Waals surface area contributed by atoms with Crippen molar-refractivity contribution >= 4 is 11.6 Å². The Hall–Kier alpha value is -1.86. The highest BCUT2D eigenvalue weighted by Crippen LogP contribution is 2.25. The number of carbonyl (C=O) groups excluding carboxylic acids is 1. The molecule has 1 aliphatic rings. The maximum Gasteiger partial charge on any atom is 0.243 e. The SMILES string of the molecule is Cc1ccc(C#N)cc1N1CCCC(N)C1=O. The lowest BCUT2D eigenvalue weighted by Crippen LogP contribution is -2.48. The Morgan fingerprint density at radius 3 is 3.00 bits per heavy atom. The fourth-order valence-electron chi connectivity index (χ4n) is 2.11. The molecule has 1 heterocycles. The summed E-state index contributed by atoms with van der Waals surface area (Å²) in [4.78, 5) is 13.7. The van der Waals surface area contributed by atoms with Gasteiger partial charge in [0.25, 0.3) is 0 Å². The van der Waals surface area contributed by atoms with Crippen molar-refractivity contribution < 1.29 is 4.79 Å². The number of anilines is 1. The number of amides is 1. The van der Waals surface area contributed by atoms with Crippen molar-refractivity contribution in [2.24, 2.45) is 5.73 Å². The van der Waals surface area contributed by atoms with Crippen LogP contribution in [0.5, 0.6) is 0 Å². The van der Waals surface area contributed by atoms with Gasteiger partial charge in [-0.15, -0.1) is 0 Å². The number of rotatable bonds is 1. The van der Waals surface area contributed by atoms with E-state index < -0.39 is 6.04 Å². The minimum absolute atomic E-state index is 0.0468. The van der Waals surface area contributed by atoms with Gasteiger partial charge in [0.15, 0.2) is 0 Å². The second-order valence-corrected chi connectivity index (χ2v) is 4.35. The molecule has 0 saturated carbocycles. The average Bonchev–Trinajstić information content (AvgIpc) is 2.34. The predicted octanol–water partition coefficient (Wildman–Crippen LogP) is 1.32. The van der Waals surface area contributed by atoms with Gasteiger partial charge < -0.3 is 10.6 Å². The third-order valence-corrected chi connectivity index (χ3v) is 3.11. The molecule has 0 bridgehead atoms. The van der Waals surface area contributed by atoms with Crippen LogP contribution in [0.25, 0.3) is 0 Å². The quantitative estimate of drug-likeness (QED) is 0.789. The van der Waals surface area contributed by atoms with E-state index in [-0.39, 0.29) is 5.91 Å². The fourth-order valence-corrected chi connectivity index (χ4v) is 2.11. The number of aryl methyl sites for hydroxylation is 1. The molecular formula is C13H15N3O. The Morgan fingerprint density at radius 1 is 1.53 bits per heavy atom. The molecule has 1 aromatic carbocycles. The lowest BCUT2D eigenvalue weighted by Gasteiger charge is -2.31. The molecule has 88 valence electrons. The summed E-state index contributed by atoms with van der Waals surface area (Å²) in [6, 6.07) is 7.06. The Kier molecular flexibility index (Phi) is 3.12. The van der Waals surface area contributed by atoms with Crippen LogP contribution in [-0.2, 0) is 4.79 Å². The van der Waals surface area contributed by atoms with Crippen molar-refractivity contribution in [1.29, 1.82) is 5.26 Å². The standard InChI is InChI=1S/C13H15N3O/c1-9-4-5-10(8-14)7-12(9)16-6-2-3-11(15)13(16)17/h4-5,7,11H,2-3,6,15H2,1H3. The van der Waals surface area contributed by atoms with E-state index in [1.54, 1.807) is 17.0 Å².